The lowest BCUT2D eigenvalue weighted by Crippen LogP contribution is -2.27. The van der Waals surface area contributed by atoms with E-state index in [0.717, 1.165) is 27.8 Å². The third kappa shape index (κ3) is 5.08. The van der Waals surface area contributed by atoms with Crippen molar-refractivity contribution in [2.24, 2.45) is 0 Å². The van der Waals surface area contributed by atoms with Gasteiger partial charge in [0.2, 0.25) is 0 Å². The smallest absolute Gasteiger partial charge is 0.298 e. The number of carbonyl (C=O) groups excluding carboxylic acids is 2. The van der Waals surface area contributed by atoms with Crippen molar-refractivity contribution in [3.05, 3.63) is 97.8 Å². The molecule has 4 nitrogen and oxygen atoms in total. The molecule has 1 aliphatic heterocycles. The number of carbonyl (C=O) groups is 2. The molecule has 0 radical (unpaired) electrons. The van der Waals surface area contributed by atoms with E-state index >= 15 is 0 Å². The molecule has 4 rings (SSSR count). The number of amides is 2. The Balaban J connectivity index is 1.45. The molecule has 0 aliphatic carbocycles. The van der Waals surface area contributed by atoms with Crippen molar-refractivity contribution < 1.29 is 14.3 Å². The van der Waals surface area contributed by atoms with Crippen LogP contribution in [0, 0.1) is 0 Å². The molecular formula is C23H14Cl3NO3S. The van der Waals surface area contributed by atoms with E-state index in [2.05, 4.69) is 0 Å². The van der Waals surface area contributed by atoms with E-state index in [9.17, 15) is 9.59 Å². The average Bonchev–Trinajstić information content (AvgIpc) is 3.01. The van der Waals surface area contributed by atoms with E-state index in [1.807, 2.05) is 18.2 Å². The van der Waals surface area contributed by atoms with Crippen LogP contribution in [0.1, 0.15) is 11.1 Å². The minimum atomic E-state index is -0.380. The molecule has 0 atom stereocenters. The Bertz CT molecular complexity index is 1190. The minimum Gasteiger partial charge on any atom is -0.489 e. The lowest BCUT2D eigenvalue weighted by Gasteiger charge is -2.12. The van der Waals surface area contributed by atoms with Gasteiger partial charge in [0, 0.05) is 20.6 Å². The van der Waals surface area contributed by atoms with Crippen LogP contribution in [-0.2, 0) is 11.4 Å². The molecule has 156 valence electrons. The number of rotatable bonds is 5. The topological polar surface area (TPSA) is 46.6 Å². The highest BCUT2D eigenvalue weighted by Crippen LogP contribution is 2.36. The SMILES string of the molecule is O=C1S/C(=C/c2ccc(OCc3ccc(Cl)cc3Cl)cc2)C(=O)N1c1cccc(Cl)c1. The largest absolute Gasteiger partial charge is 0.489 e. The van der Waals surface area contributed by atoms with Crippen LogP contribution in [-0.4, -0.2) is 11.1 Å². The van der Waals surface area contributed by atoms with Crippen LogP contribution in [0.25, 0.3) is 6.08 Å². The number of benzene rings is 3. The molecule has 3 aromatic rings. The summed E-state index contributed by atoms with van der Waals surface area (Å²) in [6.07, 6.45) is 1.68. The third-order valence-electron chi connectivity index (χ3n) is 4.45. The van der Waals surface area contributed by atoms with Crippen LogP contribution in [0.5, 0.6) is 5.75 Å². The number of nitrogens with zero attached hydrogens (tertiary/aromatic N) is 1. The first-order valence-electron chi connectivity index (χ1n) is 9.11. The fourth-order valence-corrected chi connectivity index (χ4v) is 4.41. The molecule has 1 aliphatic rings. The van der Waals surface area contributed by atoms with Gasteiger partial charge in [0.15, 0.2) is 0 Å². The number of halogens is 3. The molecular weight excluding hydrogens is 477 g/mol. The summed E-state index contributed by atoms with van der Waals surface area (Å²) in [5.41, 5.74) is 2.04. The van der Waals surface area contributed by atoms with Gasteiger partial charge in [-0.15, -0.1) is 0 Å². The van der Waals surface area contributed by atoms with Gasteiger partial charge in [-0.1, -0.05) is 59.1 Å². The van der Waals surface area contributed by atoms with Crippen molar-refractivity contribution in [2.45, 2.75) is 6.61 Å². The highest BCUT2D eigenvalue weighted by Gasteiger charge is 2.36. The first-order chi connectivity index (χ1) is 14.9. The van der Waals surface area contributed by atoms with E-state index in [1.54, 1.807) is 54.6 Å². The summed E-state index contributed by atoms with van der Waals surface area (Å²) in [6.45, 7) is 0.299. The molecule has 2 amide bonds. The zero-order valence-corrected chi connectivity index (χ0v) is 18.9. The maximum Gasteiger partial charge on any atom is 0.298 e. The van der Waals surface area contributed by atoms with E-state index < -0.39 is 0 Å². The Kier molecular flexibility index (Phi) is 6.58. The fraction of sp³-hybridized carbons (Fsp3) is 0.0435. The van der Waals surface area contributed by atoms with Gasteiger partial charge in [0.05, 0.1) is 10.6 Å². The van der Waals surface area contributed by atoms with Crippen molar-refractivity contribution in [1.82, 2.24) is 0 Å². The van der Waals surface area contributed by atoms with Crippen molar-refractivity contribution in [3.8, 4) is 5.75 Å². The van der Waals surface area contributed by atoms with E-state index in [4.69, 9.17) is 39.5 Å². The van der Waals surface area contributed by atoms with E-state index in [1.165, 1.54) is 0 Å². The zero-order chi connectivity index (χ0) is 22.0. The molecule has 0 spiro atoms. The predicted molar refractivity (Wildman–Crippen MR) is 127 cm³/mol. The zero-order valence-electron chi connectivity index (χ0n) is 15.8. The van der Waals surface area contributed by atoms with Gasteiger partial charge < -0.3 is 4.74 Å². The molecule has 0 aromatic heterocycles. The average molecular weight is 491 g/mol. The van der Waals surface area contributed by atoms with Gasteiger partial charge in [0.1, 0.15) is 12.4 Å². The first kappa shape index (κ1) is 21.8. The third-order valence-corrected chi connectivity index (χ3v) is 6.14. The number of hydrogen-bond acceptors (Lipinski definition) is 4. The summed E-state index contributed by atoms with van der Waals surface area (Å²) < 4.78 is 5.77. The van der Waals surface area contributed by atoms with Gasteiger partial charge in [-0.2, -0.15) is 0 Å². The van der Waals surface area contributed by atoms with Crippen LogP contribution in [0.3, 0.4) is 0 Å². The molecule has 1 heterocycles. The summed E-state index contributed by atoms with van der Waals surface area (Å²) in [4.78, 5) is 26.6. The second-order valence-electron chi connectivity index (χ2n) is 6.59. The Morgan fingerprint density at radius 2 is 1.65 bits per heavy atom. The number of imide groups is 1. The van der Waals surface area contributed by atoms with Crippen molar-refractivity contribution in [2.75, 3.05) is 4.90 Å². The maximum absolute atomic E-state index is 12.7. The quantitative estimate of drug-likeness (QED) is 0.348. The standard InChI is InChI=1S/C23H14Cl3NO3S/c24-16-2-1-3-18(11-16)27-22(28)21(31-23(27)29)10-14-4-8-19(9-5-14)30-13-15-6-7-17(25)12-20(15)26/h1-12H,13H2/b21-10+. The first-order valence-corrected chi connectivity index (χ1v) is 11.1. The fourth-order valence-electron chi connectivity index (χ4n) is 2.92. The van der Waals surface area contributed by atoms with E-state index in [-0.39, 0.29) is 11.1 Å². The molecule has 1 saturated heterocycles. The maximum atomic E-state index is 12.7. The van der Waals surface area contributed by atoms with Gasteiger partial charge in [-0.3, -0.25) is 9.59 Å². The summed E-state index contributed by atoms with van der Waals surface area (Å²) in [5, 5.41) is 1.20. The molecule has 1 fully saturated rings. The predicted octanol–water partition coefficient (Wildman–Crippen LogP) is 7.47. The number of ether oxygens (including phenoxy) is 1. The summed E-state index contributed by atoms with van der Waals surface area (Å²) in [5.74, 6) is 0.269. The van der Waals surface area contributed by atoms with Crippen LogP contribution < -0.4 is 9.64 Å². The van der Waals surface area contributed by atoms with Crippen molar-refractivity contribution in [1.29, 1.82) is 0 Å². The molecule has 0 N–H and O–H groups in total. The molecule has 0 saturated carbocycles. The van der Waals surface area contributed by atoms with Crippen LogP contribution in [0.2, 0.25) is 15.1 Å². The number of anilines is 1. The summed E-state index contributed by atoms with van der Waals surface area (Å²) in [6, 6.07) is 19.1. The Morgan fingerprint density at radius 3 is 2.35 bits per heavy atom. The van der Waals surface area contributed by atoms with Crippen molar-refractivity contribution in [3.63, 3.8) is 0 Å². The summed E-state index contributed by atoms with van der Waals surface area (Å²) >= 11 is 18.9. The monoisotopic (exact) mass is 489 g/mol. The van der Waals surface area contributed by atoms with Crippen LogP contribution >= 0.6 is 46.6 Å². The molecule has 0 bridgehead atoms. The number of hydrogen-bond donors (Lipinski definition) is 0. The highest BCUT2D eigenvalue weighted by molar-refractivity contribution is 8.19. The summed E-state index contributed by atoms with van der Waals surface area (Å²) in [7, 11) is 0. The van der Waals surface area contributed by atoms with Gasteiger partial charge in [-0.25, -0.2) is 4.90 Å². The number of thioether (sulfide) groups is 1. The van der Waals surface area contributed by atoms with Crippen molar-refractivity contribution >= 4 is 69.5 Å². The molecule has 3 aromatic carbocycles. The lowest BCUT2D eigenvalue weighted by atomic mass is 10.2. The molecule has 0 unspecified atom stereocenters. The van der Waals surface area contributed by atoms with Gasteiger partial charge in [-0.05, 0) is 65.9 Å². The lowest BCUT2D eigenvalue weighted by molar-refractivity contribution is -0.113. The molecule has 31 heavy (non-hydrogen) atoms. The van der Waals surface area contributed by atoms with Gasteiger partial charge >= 0.3 is 0 Å². The van der Waals surface area contributed by atoms with Crippen LogP contribution in [0.4, 0.5) is 10.5 Å². The van der Waals surface area contributed by atoms with Gasteiger partial charge in [0.25, 0.3) is 11.1 Å². The Morgan fingerprint density at radius 1 is 0.903 bits per heavy atom. The minimum absolute atomic E-state index is 0.299. The molecule has 8 heteroatoms. The Hall–Kier alpha value is -2.44. The second-order valence-corrected chi connectivity index (χ2v) is 8.86. The Labute approximate surface area is 198 Å². The van der Waals surface area contributed by atoms with E-state index in [0.29, 0.717) is 38.0 Å². The van der Waals surface area contributed by atoms with Crippen LogP contribution in [0.15, 0.2) is 71.6 Å². The second kappa shape index (κ2) is 9.37. The normalized spacial score (nSPS) is 15.1. The highest BCUT2D eigenvalue weighted by atomic mass is 35.5.